The van der Waals surface area contributed by atoms with Gasteiger partial charge in [0.05, 0.1) is 12.1 Å². The Labute approximate surface area is 190 Å². The number of ketones is 1. The van der Waals surface area contributed by atoms with E-state index >= 15 is 0 Å². The number of carbonyl (C=O) groups is 1. The van der Waals surface area contributed by atoms with Gasteiger partial charge in [-0.25, -0.2) is 0 Å². The fourth-order valence-electron chi connectivity index (χ4n) is 5.86. The molecule has 3 atom stereocenters. The lowest BCUT2D eigenvalue weighted by atomic mass is 9.91. The van der Waals surface area contributed by atoms with Gasteiger partial charge in [0, 0.05) is 25.1 Å². The largest absolute Gasteiger partial charge is 0.390 e. The summed E-state index contributed by atoms with van der Waals surface area (Å²) in [7, 11) is 0. The van der Waals surface area contributed by atoms with Crippen molar-refractivity contribution in [3.05, 3.63) is 95.6 Å². The molecule has 1 unspecified atom stereocenters. The maximum Gasteiger partial charge on any atom is 0.176 e. The molecule has 1 saturated carbocycles. The molecule has 32 heavy (non-hydrogen) atoms. The second-order valence-corrected chi connectivity index (χ2v) is 9.83. The maximum atomic E-state index is 13.1. The van der Waals surface area contributed by atoms with Crippen LogP contribution in [0.1, 0.15) is 34.3 Å². The van der Waals surface area contributed by atoms with Crippen LogP contribution in [0.5, 0.6) is 0 Å². The van der Waals surface area contributed by atoms with Crippen LogP contribution < -0.4 is 0 Å². The summed E-state index contributed by atoms with van der Waals surface area (Å²) in [4.78, 5) is 15.4. The van der Waals surface area contributed by atoms with Crippen molar-refractivity contribution in [2.75, 3.05) is 19.6 Å². The van der Waals surface area contributed by atoms with Gasteiger partial charge in [0.15, 0.2) is 5.78 Å². The van der Waals surface area contributed by atoms with Crippen LogP contribution in [0.25, 0.3) is 11.1 Å². The molecule has 1 saturated heterocycles. The fraction of sp³-hybridized carbons (Fsp3) is 0.345. The van der Waals surface area contributed by atoms with Gasteiger partial charge in [0.25, 0.3) is 0 Å². The Morgan fingerprint density at radius 1 is 0.938 bits per heavy atom. The van der Waals surface area contributed by atoms with Crippen LogP contribution in [-0.2, 0) is 6.42 Å². The molecule has 0 bridgehead atoms. The zero-order valence-electron chi connectivity index (χ0n) is 18.7. The van der Waals surface area contributed by atoms with E-state index in [1.165, 1.54) is 16.7 Å². The lowest BCUT2D eigenvalue weighted by molar-refractivity contribution is 0.0355. The summed E-state index contributed by atoms with van der Waals surface area (Å²) in [5.74, 6) is 1.14. The molecule has 1 heterocycles. The van der Waals surface area contributed by atoms with Gasteiger partial charge >= 0.3 is 0 Å². The highest BCUT2D eigenvalue weighted by molar-refractivity contribution is 5.98. The van der Waals surface area contributed by atoms with Crippen molar-refractivity contribution in [1.82, 2.24) is 4.90 Å². The molecule has 5 rings (SSSR count). The number of likely N-dealkylation sites (tertiary alicyclic amines) is 1. The number of carbonyl (C=O) groups excluding carboxylic acids is 1. The van der Waals surface area contributed by atoms with Crippen LogP contribution in [0.3, 0.4) is 0 Å². The minimum Gasteiger partial charge on any atom is -0.390 e. The number of hydrogen-bond donors (Lipinski definition) is 1. The van der Waals surface area contributed by atoms with Crippen molar-refractivity contribution in [3.8, 4) is 11.1 Å². The number of hydrogen-bond acceptors (Lipinski definition) is 3. The summed E-state index contributed by atoms with van der Waals surface area (Å²) in [6, 6.07) is 26.6. The monoisotopic (exact) mass is 425 g/mol. The Morgan fingerprint density at radius 2 is 1.62 bits per heavy atom. The van der Waals surface area contributed by atoms with Gasteiger partial charge in [-0.15, -0.1) is 0 Å². The molecule has 1 aliphatic carbocycles. The molecular formula is C29H31NO2. The Hall–Kier alpha value is -2.75. The molecule has 1 N–H and O–H groups in total. The lowest BCUT2D eigenvalue weighted by Crippen LogP contribution is -2.34. The van der Waals surface area contributed by atoms with E-state index in [0.29, 0.717) is 18.4 Å². The third-order valence-electron chi connectivity index (χ3n) is 7.32. The van der Waals surface area contributed by atoms with E-state index in [0.717, 1.165) is 43.5 Å². The van der Waals surface area contributed by atoms with Crippen LogP contribution in [0.15, 0.2) is 78.9 Å². The highest BCUT2D eigenvalue weighted by Crippen LogP contribution is 2.45. The van der Waals surface area contributed by atoms with Crippen molar-refractivity contribution in [2.24, 2.45) is 11.8 Å². The molecule has 2 aliphatic rings. The zero-order chi connectivity index (χ0) is 22.1. The van der Waals surface area contributed by atoms with E-state index in [4.69, 9.17) is 0 Å². The molecular weight excluding hydrogens is 394 g/mol. The summed E-state index contributed by atoms with van der Waals surface area (Å²) in [5.41, 5.74) is 4.87. The second-order valence-electron chi connectivity index (χ2n) is 9.83. The van der Waals surface area contributed by atoms with E-state index in [9.17, 15) is 9.90 Å². The topological polar surface area (TPSA) is 40.5 Å². The lowest BCUT2D eigenvalue weighted by Gasteiger charge is -2.26. The normalized spacial score (nSPS) is 25.1. The summed E-state index contributed by atoms with van der Waals surface area (Å²) >= 11 is 0. The van der Waals surface area contributed by atoms with Gasteiger partial charge in [0.2, 0.25) is 0 Å². The van der Waals surface area contributed by atoms with E-state index in [-0.39, 0.29) is 5.78 Å². The van der Waals surface area contributed by atoms with E-state index < -0.39 is 5.60 Å². The number of benzene rings is 3. The zero-order valence-corrected chi connectivity index (χ0v) is 18.7. The van der Waals surface area contributed by atoms with Crippen molar-refractivity contribution in [3.63, 3.8) is 0 Å². The van der Waals surface area contributed by atoms with Crippen molar-refractivity contribution >= 4 is 5.78 Å². The molecule has 0 aromatic heterocycles. The van der Waals surface area contributed by atoms with Crippen LogP contribution in [0.4, 0.5) is 0 Å². The Kier molecular flexibility index (Phi) is 5.71. The molecule has 3 heteroatoms. The Morgan fingerprint density at radius 3 is 2.34 bits per heavy atom. The van der Waals surface area contributed by atoms with Gasteiger partial charge < -0.3 is 5.11 Å². The van der Waals surface area contributed by atoms with Crippen LogP contribution in [0, 0.1) is 18.8 Å². The molecule has 3 aromatic rings. The molecule has 3 nitrogen and oxygen atoms in total. The molecule has 0 radical (unpaired) electrons. The highest BCUT2D eigenvalue weighted by Gasteiger charge is 2.48. The van der Waals surface area contributed by atoms with Crippen molar-refractivity contribution < 1.29 is 9.90 Å². The first-order chi connectivity index (χ1) is 15.5. The first-order valence-electron chi connectivity index (χ1n) is 11.7. The average Bonchev–Trinajstić information content (AvgIpc) is 3.28. The molecule has 3 aromatic carbocycles. The second kappa shape index (κ2) is 8.65. The van der Waals surface area contributed by atoms with Crippen LogP contribution in [-0.4, -0.2) is 41.0 Å². The van der Waals surface area contributed by atoms with Gasteiger partial charge in [-0.05, 0) is 59.9 Å². The quantitative estimate of drug-likeness (QED) is 0.555. The average molecular weight is 426 g/mol. The van der Waals surface area contributed by atoms with E-state index in [1.807, 2.05) is 48.5 Å². The molecule has 0 spiro atoms. The minimum absolute atomic E-state index is 0.181. The number of rotatable bonds is 6. The summed E-state index contributed by atoms with van der Waals surface area (Å²) in [5, 5.41) is 11.2. The maximum absolute atomic E-state index is 13.1. The van der Waals surface area contributed by atoms with Crippen LogP contribution >= 0.6 is 0 Å². The van der Waals surface area contributed by atoms with E-state index in [2.05, 4.69) is 42.2 Å². The molecule has 164 valence electrons. The van der Waals surface area contributed by atoms with E-state index in [1.54, 1.807) is 0 Å². The predicted molar refractivity (Wildman–Crippen MR) is 129 cm³/mol. The van der Waals surface area contributed by atoms with Gasteiger partial charge in [0.1, 0.15) is 0 Å². The third kappa shape index (κ3) is 4.41. The first kappa shape index (κ1) is 21.1. The smallest absolute Gasteiger partial charge is 0.176 e. The van der Waals surface area contributed by atoms with Crippen molar-refractivity contribution in [2.45, 2.75) is 31.8 Å². The number of nitrogens with zero attached hydrogens (tertiary/aromatic N) is 1. The Bertz CT molecular complexity index is 1090. The number of fused-ring (bicyclic) bond motifs is 1. The summed E-state index contributed by atoms with van der Waals surface area (Å²) in [6.07, 6.45) is 2.39. The summed E-state index contributed by atoms with van der Waals surface area (Å²) < 4.78 is 0. The van der Waals surface area contributed by atoms with Gasteiger partial charge in [-0.2, -0.15) is 0 Å². The molecule has 1 aliphatic heterocycles. The SMILES string of the molecule is Cc1ccccc1-c1cccc(C(=O)CN2C[C@@H]3CC(O)(Cc4ccccc4)C[C@@H]3C2)c1. The predicted octanol–water partition coefficient (Wildman–Crippen LogP) is 5.16. The molecule has 2 fully saturated rings. The number of aryl methyl sites for hydroxylation is 1. The van der Waals surface area contributed by atoms with Crippen molar-refractivity contribution in [1.29, 1.82) is 0 Å². The van der Waals surface area contributed by atoms with Crippen LogP contribution in [0.2, 0.25) is 0 Å². The first-order valence-corrected chi connectivity index (χ1v) is 11.7. The third-order valence-corrected chi connectivity index (χ3v) is 7.32. The van der Waals surface area contributed by atoms with Gasteiger partial charge in [-0.1, -0.05) is 72.8 Å². The minimum atomic E-state index is -0.603. The standard InChI is InChI=1S/C29H31NO2/c1-21-8-5-6-13-27(21)23-11-7-12-24(14-23)28(31)20-30-18-25-16-29(32,17-26(25)19-30)15-22-9-3-2-4-10-22/h2-14,25-26,32H,15-20H2,1H3/t25-,26+,29?. The number of Topliss-reactive ketones (excluding diaryl/α,β-unsaturated/α-hetero) is 1. The van der Waals surface area contributed by atoms with Gasteiger partial charge in [-0.3, -0.25) is 9.69 Å². The Balaban J connectivity index is 1.21. The highest BCUT2D eigenvalue weighted by atomic mass is 16.3. The number of aliphatic hydroxyl groups is 1. The fourth-order valence-corrected chi connectivity index (χ4v) is 5.86. The summed E-state index contributed by atoms with van der Waals surface area (Å²) in [6.45, 7) is 4.38. The molecule has 0 amide bonds.